The lowest BCUT2D eigenvalue weighted by molar-refractivity contribution is 0.0660. The van der Waals surface area contributed by atoms with E-state index in [4.69, 9.17) is 9.52 Å². The second-order valence-electron chi connectivity index (χ2n) is 3.33. The molecule has 3 nitrogen and oxygen atoms in total. The molecule has 0 saturated heterocycles. The van der Waals surface area contributed by atoms with Crippen molar-refractivity contribution in [3.8, 4) is 0 Å². The van der Waals surface area contributed by atoms with Crippen LogP contribution in [0.5, 0.6) is 0 Å². The first-order valence-corrected chi connectivity index (χ1v) is 4.01. The molecule has 2 atom stereocenters. The number of furan rings is 1. The van der Waals surface area contributed by atoms with Crippen LogP contribution in [0.4, 0.5) is 0 Å². The minimum atomic E-state index is -0.991. The van der Waals surface area contributed by atoms with Crippen LogP contribution in [0.1, 0.15) is 35.6 Å². The predicted molar refractivity (Wildman–Crippen MR) is 42.2 cm³/mol. The smallest absolute Gasteiger partial charge is 0.371 e. The van der Waals surface area contributed by atoms with Gasteiger partial charge in [-0.05, 0) is 24.5 Å². The van der Waals surface area contributed by atoms with Crippen LogP contribution < -0.4 is 0 Å². The highest BCUT2D eigenvalue weighted by Gasteiger charge is 2.36. The summed E-state index contributed by atoms with van der Waals surface area (Å²) in [5, 5.41) is 8.57. The topological polar surface area (TPSA) is 50.4 Å². The van der Waals surface area contributed by atoms with Crippen LogP contribution >= 0.6 is 0 Å². The minimum Gasteiger partial charge on any atom is -0.475 e. The molecule has 0 amide bonds. The first kappa shape index (κ1) is 7.40. The maximum absolute atomic E-state index is 10.4. The molecular weight excluding hydrogens is 156 g/mol. The highest BCUT2D eigenvalue weighted by Crippen LogP contribution is 2.47. The van der Waals surface area contributed by atoms with Gasteiger partial charge in [-0.25, -0.2) is 4.79 Å². The Bertz CT molecular complexity index is 313. The lowest BCUT2D eigenvalue weighted by atomic mass is 10.3. The van der Waals surface area contributed by atoms with E-state index in [9.17, 15) is 4.79 Å². The van der Waals surface area contributed by atoms with Gasteiger partial charge in [-0.15, -0.1) is 0 Å². The Morgan fingerprint density at radius 1 is 1.67 bits per heavy atom. The van der Waals surface area contributed by atoms with Gasteiger partial charge in [0.05, 0.1) is 0 Å². The molecule has 1 aliphatic carbocycles. The largest absolute Gasteiger partial charge is 0.475 e. The van der Waals surface area contributed by atoms with E-state index in [2.05, 4.69) is 6.92 Å². The van der Waals surface area contributed by atoms with Crippen molar-refractivity contribution in [1.82, 2.24) is 0 Å². The van der Waals surface area contributed by atoms with E-state index in [1.807, 2.05) is 0 Å². The van der Waals surface area contributed by atoms with Crippen LogP contribution in [0.25, 0.3) is 0 Å². The van der Waals surface area contributed by atoms with Crippen molar-refractivity contribution in [3.05, 3.63) is 23.7 Å². The van der Waals surface area contributed by atoms with Gasteiger partial charge in [0.2, 0.25) is 5.76 Å². The lowest BCUT2D eigenvalue weighted by Gasteiger charge is -1.89. The normalized spacial score (nSPS) is 27.1. The molecule has 1 aliphatic rings. The summed E-state index contributed by atoms with van der Waals surface area (Å²) < 4.78 is 5.14. The highest BCUT2D eigenvalue weighted by atomic mass is 16.4. The number of carbonyl (C=O) groups is 1. The van der Waals surface area contributed by atoms with Gasteiger partial charge in [-0.3, -0.25) is 0 Å². The molecule has 64 valence electrons. The number of hydrogen-bond acceptors (Lipinski definition) is 2. The summed E-state index contributed by atoms with van der Waals surface area (Å²) >= 11 is 0. The van der Waals surface area contributed by atoms with E-state index in [1.54, 1.807) is 6.07 Å². The van der Waals surface area contributed by atoms with Gasteiger partial charge >= 0.3 is 5.97 Å². The number of hydrogen-bond donors (Lipinski definition) is 1. The van der Waals surface area contributed by atoms with Crippen molar-refractivity contribution < 1.29 is 14.3 Å². The van der Waals surface area contributed by atoms with Crippen LogP contribution in [0, 0.1) is 5.92 Å². The third-order valence-corrected chi connectivity index (χ3v) is 2.31. The minimum absolute atomic E-state index is 0.0455. The van der Waals surface area contributed by atoms with Crippen LogP contribution in [-0.4, -0.2) is 11.1 Å². The zero-order valence-electron chi connectivity index (χ0n) is 6.78. The van der Waals surface area contributed by atoms with Crippen LogP contribution in [-0.2, 0) is 0 Å². The first-order chi connectivity index (χ1) is 5.68. The van der Waals surface area contributed by atoms with E-state index in [0.717, 1.165) is 12.2 Å². The second kappa shape index (κ2) is 2.37. The van der Waals surface area contributed by atoms with Crippen LogP contribution in [0.3, 0.4) is 0 Å². The van der Waals surface area contributed by atoms with E-state index < -0.39 is 5.97 Å². The molecule has 1 fully saturated rings. The number of carboxylic acid groups (broad SMARTS) is 1. The Hall–Kier alpha value is -1.25. The van der Waals surface area contributed by atoms with Crippen LogP contribution in [0.15, 0.2) is 16.5 Å². The quantitative estimate of drug-likeness (QED) is 0.731. The Morgan fingerprint density at radius 2 is 2.33 bits per heavy atom. The van der Waals surface area contributed by atoms with Gasteiger partial charge < -0.3 is 9.52 Å². The molecule has 12 heavy (non-hydrogen) atoms. The summed E-state index contributed by atoms with van der Waals surface area (Å²) in [4.78, 5) is 10.4. The van der Waals surface area contributed by atoms with Gasteiger partial charge in [-0.2, -0.15) is 0 Å². The molecule has 0 aromatic carbocycles. The molecule has 2 rings (SSSR count). The number of rotatable bonds is 2. The van der Waals surface area contributed by atoms with Crippen molar-refractivity contribution in [1.29, 1.82) is 0 Å². The first-order valence-electron chi connectivity index (χ1n) is 4.01. The van der Waals surface area contributed by atoms with E-state index >= 15 is 0 Å². The Morgan fingerprint density at radius 3 is 2.75 bits per heavy atom. The maximum Gasteiger partial charge on any atom is 0.371 e. The lowest BCUT2D eigenvalue weighted by Crippen LogP contribution is -1.91. The summed E-state index contributed by atoms with van der Waals surface area (Å²) in [5.74, 6) is 0.981. The SMILES string of the molecule is C[C@@H]1C[C@@H]1c1ccc(C(=O)O)o1. The summed E-state index contributed by atoms with van der Waals surface area (Å²) in [6.07, 6.45) is 1.12. The summed E-state index contributed by atoms with van der Waals surface area (Å²) in [6, 6.07) is 3.28. The van der Waals surface area contributed by atoms with Crippen LogP contribution in [0.2, 0.25) is 0 Å². The van der Waals surface area contributed by atoms with Gasteiger partial charge in [0.1, 0.15) is 5.76 Å². The number of carboxylic acids is 1. The second-order valence-corrected chi connectivity index (χ2v) is 3.33. The van der Waals surface area contributed by atoms with Crippen molar-refractivity contribution in [2.24, 2.45) is 5.92 Å². The average molecular weight is 166 g/mol. The van der Waals surface area contributed by atoms with Gasteiger partial charge in [0.25, 0.3) is 0 Å². The molecule has 1 aromatic rings. The average Bonchev–Trinajstić information content (AvgIpc) is 2.59. The standard InChI is InChI=1S/C9H10O3/c1-5-4-6(5)7-2-3-8(12-7)9(10)11/h2-3,5-6H,4H2,1H3,(H,10,11)/t5-,6+/m1/s1. The fourth-order valence-electron chi connectivity index (χ4n) is 1.39. The molecule has 0 bridgehead atoms. The van der Waals surface area contributed by atoms with Gasteiger partial charge in [0.15, 0.2) is 0 Å². The zero-order valence-corrected chi connectivity index (χ0v) is 6.78. The molecule has 0 spiro atoms. The van der Waals surface area contributed by atoms with E-state index in [0.29, 0.717) is 11.8 Å². The van der Waals surface area contributed by atoms with Gasteiger partial charge in [0, 0.05) is 5.92 Å². The van der Waals surface area contributed by atoms with Crippen molar-refractivity contribution in [2.45, 2.75) is 19.3 Å². The summed E-state index contributed by atoms with van der Waals surface area (Å²) in [7, 11) is 0. The Balaban J connectivity index is 2.19. The van der Waals surface area contributed by atoms with Crippen molar-refractivity contribution in [2.75, 3.05) is 0 Å². The summed E-state index contributed by atoms with van der Waals surface area (Å²) in [6.45, 7) is 2.13. The fraction of sp³-hybridized carbons (Fsp3) is 0.444. The predicted octanol–water partition coefficient (Wildman–Crippen LogP) is 2.10. The molecule has 1 heterocycles. The monoisotopic (exact) mass is 166 g/mol. The molecule has 1 saturated carbocycles. The van der Waals surface area contributed by atoms with E-state index in [-0.39, 0.29) is 5.76 Å². The molecule has 0 aliphatic heterocycles. The molecule has 0 unspecified atom stereocenters. The van der Waals surface area contributed by atoms with Gasteiger partial charge in [-0.1, -0.05) is 6.92 Å². The van der Waals surface area contributed by atoms with Crippen molar-refractivity contribution in [3.63, 3.8) is 0 Å². The molecule has 3 heteroatoms. The molecule has 1 aromatic heterocycles. The third kappa shape index (κ3) is 1.11. The summed E-state index contributed by atoms with van der Waals surface area (Å²) in [5.41, 5.74) is 0. The Labute approximate surface area is 70.0 Å². The number of aromatic carboxylic acids is 1. The molecule has 0 radical (unpaired) electrons. The van der Waals surface area contributed by atoms with Crippen molar-refractivity contribution >= 4 is 5.97 Å². The fourth-order valence-corrected chi connectivity index (χ4v) is 1.39. The third-order valence-electron chi connectivity index (χ3n) is 2.31. The highest BCUT2D eigenvalue weighted by molar-refractivity contribution is 5.84. The van der Waals surface area contributed by atoms with E-state index in [1.165, 1.54) is 6.07 Å². The molecular formula is C9H10O3. The molecule has 1 N–H and O–H groups in total. The zero-order chi connectivity index (χ0) is 8.72. The Kier molecular flexibility index (Phi) is 1.46. The maximum atomic E-state index is 10.4.